The summed E-state index contributed by atoms with van der Waals surface area (Å²) in [5.41, 5.74) is -0.337. The van der Waals surface area contributed by atoms with Gasteiger partial charge in [0.2, 0.25) is 0 Å². The Morgan fingerprint density at radius 2 is 0.746 bits per heavy atom. The maximum Gasteiger partial charge on any atom is 1.00 e. The van der Waals surface area contributed by atoms with Gasteiger partial charge in [-0.2, -0.15) is 0 Å². The molecule has 9 heteroatoms. The van der Waals surface area contributed by atoms with E-state index in [1.165, 1.54) is 173 Å². The van der Waals surface area contributed by atoms with Crippen LogP contribution in [-0.2, 0) is 19.6 Å². The van der Waals surface area contributed by atoms with E-state index in [-0.39, 0.29) is 53.9 Å². The summed E-state index contributed by atoms with van der Waals surface area (Å²) in [7, 11) is -4.82. The zero-order valence-corrected chi connectivity index (χ0v) is 41.1. The molecular weight excluding hydrogens is 768 g/mol. The van der Waals surface area contributed by atoms with Crippen molar-refractivity contribution in [2.24, 2.45) is 0 Å². The van der Waals surface area contributed by atoms with Crippen LogP contribution in [0.4, 0.5) is 0 Å². The zero-order chi connectivity index (χ0) is 42.2. The van der Waals surface area contributed by atoms with E-state index in [2.05, 4.69) is 38.2 Å². The molecule has 0 amide bonds. The second-order valence-electron chi connectivity index (χ2n) is 16.4. The van der Waals surface area contributed by atoms with Crippen molar-refractivity contribution >= 4 is 22.1 Å². The molecule has 0 N–H and O–H groups in total. The molecule has 59 heavy (non-hydrogen) atoms. The van der Waals surface area contributed by atoms with Gasteiger partial charge in [0.15, 0.2) is 0 Å². The smallest absolute Gasteiger partial charge is 0.744 e. The number of allylic oxidation sites excluding steroid dienone is 4. The van der Waals surface area contributed by atoms with E-state index < -0.39 is 27.0 Å². The molecule has 0 saturated heterocycles. The van der Waals surface area contributed by atoms with Crippen molar-refractivity contribution in [3.05, 3.63) is 53.6 Å². The molecule has 0 aromatic heterocycles. The predicted octanol–water partition coefficient (Wildman–Crippen LogP) is 12.3. The van der Waals surface area contributed by atoms with Crippen LogP contribution in [0.3, 0.4) is 0 Å². The van der Waals surface area contributed by atoms with Crippen LogP contribution in [0.2, 0.25) is 0 Å². The van der Waals surface area contributed by atoms with Gasteiger partial charge in [0, 0.05) is 0 Å². The molecule has 0 aliphatic carbocycles. The van der Waals surface area contributed by atoms with Gasteiger partial charge in [-0.3, -0.25) is 0 Å². The second-order valence-corrected chi connectivity index (χ2v) is 17.8. The number of unbranched alkanes of at least 4 members (excludes halogenated alkanes) is 30. The molecule has 0 fully saturated rings. The molecule has 0 saturated carbocycles. The molecular formula is C50H85NaO7S. The molecule has 0 aliphatic rings. The Morgan fingerprint density at radius 3 is 1.07 bits per heavy atom. The van der Waals surface area contributed by atoms with Gasteiger partial charge in [-0.15, -0.1) is 0 Å². The average molecular weight is 853 g/mol. The van der Waals surface area contributed by atoms with Crippen LogP contribution >= 0.6 is 0 Å². The van der Waals surface area contributed by atoms with E-state index in [1.54, 1.807) is 0 Å². The number of esters is 2. The first-order valence-electron chi connectivity index (χ1n) is 24.0. The van der Waals surface area contributed by atoms with E-state index >= 15 is 0 Å². The predicted molar refractivity (Wildman–Crippen MR) is 242 cm³/mol. The molecule has 334 valence electrons. The molecule has 0 heterocycles. The Kier molecular flexibility index (Phi) is 40.9. The molecule has 0 spiro atoms. The molecule has 7 nitrogen and oxygen atoms in total. The average Bonchev–Trinajstić information content (AvgIpc) is 3.21. The van der Waals surface area contributed by atoms with Gasteiger partial charge < -0.3 is 14.0 Å². The summed E-state index contributed by atoms with van der Waals surface area (Å²) >= 11 is 0. The first-order valence-corrected chi connectivity index (χ1v) is 25.5. The van der Waals surface area contributed by atoms with Crippen LogP contribution in [0, 0.1) is 0 Å². The van der Waals surface area contributed by atoms with E-state index in [4.69, 9.17) is 9.47 Å². The summed E-state index contributed by atoms with van der Waals surface area (Å²) in [5.74, 6) is -1.55. The van der Waals surface area contributed by atoms with Crippen LogP contribution in [-0.4, -0.2) is 38.1 Å². The maximum atomic E-state index is 13.0. The Bertz CT molecular complexity index is 1310. The normalized spacial score (nSPS) is 11.7. The first kappa shape index (κ1) is 57.5. The quantitative estimate of drug-likeness (QED) is 0.0212. The Morgan fingerprint density at radius 1 is 0.458 bits per heavy atom. The van der Waals surface area contributed by atoms with E-state index in [0.717, 1.165) is 50.7 Å². The Balaban J connectivity index is 0.0000336. The standard InChI is InChI=1S/C50H86O7S.Na/c1-3-5-7-9-11-13-15-17-19-21-23-25-27-29-31-33-35-37-39-43-56-49(51)47-42-41-46(58(53,54)55)45-48(47)50(52)57-44-40-38-36-34-32-30-28-26-24-22-20-18-16-14-12-10-8-6-4-2;/h15-18,41-42,45H,3-14,19-40,43-44H2,1-2H3,(H,53,54,55);/q;+1/p-1/b17-15+,18-16+;. The second kappa shape index (κ2) is 41.9. The van der Waals surface area contributed by atoms with Crippen molar-refractivity contribution in [2.75, 3.05) is 13.2 Å². The van der Waals surface area contributed by atoms with Gasteiger partial charge in [-0.25, -0.2) is 18.0 Å². The van der Waals surface area contributed by atoms with Crippen LogP contribution in [0.25, 0.3) is 0 Å². The molecule has 0 unspecified atom stereocenters. The van der Waals surface area contributed by atoms with Gasteiger partial charge >= 0.3 is 41.5 Å². The van der Waals surface area contributed by atoms with Crippen molar-refractivity contribution < 1.29 is 61.6 Å². The number of ether oxygens (including phenoxy) is 2. The summed E-state index contributed by atoms with van der Waals surface area (Å²) < 4.78 is 45.9. The largest absolute Gasteiger partial charge is 1.00 e. The summed E-state index contributed by atoms with van der Waals surface area (Å²) in [4.78, 5) is 25.3. The van der Waals surface area contributed by atoms with Gasteiger partial charge in [0.1, 0.15) is 10.1 Å². The molecule has 1 aromatic rings. The van der Waals surface area contributed by atoms with E-state index in [0.29, 0.717) is 12.8 Å². The summed E-state index contributed by atoms with van der Waals surface area (Å²) in [6.07, 6.45) is 50.7. The molecule has 1 rings (SSSR count). The number of benzene rings is 1. The molecule has 0 atom stereocenters. The van der Waals surface area contributed by atoms with Crippen molar-refractivity contribution in [3.8, 4) is 0 Å². The Hall–Kier alpha value is -1.45. The van der Waals surface area contributed by atoms with Gasteiger partial charge in [-0.1, -0.05) is 192 Å². The van der Waals surface area contributed by atoms with Crippen LogP contribution < -0.4 is 29.6 Å². The van der Waals surface area contributed by atoms with Crippen molar-refractivity contribution in [1.82, 2.24) is 0 Å². The summed E-state index contributed by atoms with van der Waals surface area (Å²) in [6.45, 7) is 4.88. The zero-order valence-electron chi connectivity index (χ0n) is 38.3. The number of hydrogen-bond donors (Lipinski definition) is 0. The van der Waals surface area contributed by atoms with Crippen molar-refractivity contribution in [1.29, 1.82) is 0 Å². The third-order valence-corrected chi connectivity index (χ3v) is 11.8. The molecule has 1 aromatic carbocycles. The number of hydrogen-bond acceptors (Lipinski definition) is 7. The van der Waals surface area contributed by atoms with Gasteiger partial charge in [0.25, 0.3) is 0 Å². The van der Waals surface area contributed by atoms with Gasteiger partial charge in [-0.05, 0) is 82.4 Å². The van der Waals surface area contributed by atoms with Crippen molar-refractivity contribution in [3.63, 3.8) is 0 Å². The third-order valence-electron chi connectivity index (χ3n) is 11.0. The fourth-order valence-electron chi connectivity index (χ4n) is 7.27. The first-order chi connectivity index (χ1) is 28.3. The van der Waals surface area contributed by atoms with Crippen LogP contribution in [0.1, 0.15) is 253 Å². The topological polar surface area (TPSA) is 110 Å². The fourth-order valence-corrected chi connectivity index (χ4v) is 7.77. The number of carbonyl (C=O) groups is 2. The van der Waals surface area contributed by atoms with Crippen LogP contribution in [0.5, 0.6) is 0 Å². The van der Waals surface area contributed by atoms with Crippen LogP contribution in [0.15, 0.2) is 47.4 Å². The monoisotopic (exact) mass is 853 g/mol. The molecule has 0 radical (unpaired) electrons. The fraction of sp³-hybridized carbons (Fsp3) is 0.760. The summed E-state index contributed by atoms with van der Waals surface area (Å²) in [5, 5.41) is 0. The third kappa shape index (κ3) is 34.8. The maximum absolute atomic E-state index is 13.0. The minimum Gasteiger partial charge on any atom is -0.744 e. The molecule has 0 aliphatic heterocycles. The van der Waals surface area contributed by atoms with Gasteiger partial charge in [0.05, 0.1) is 29.2 Å². The molecule has 0 bridgehead atoms. The number of carbonyl (C=O) groups excluding carboxylic acids is 2. The van der Waals surface area contributed by atoms with E-state index in [9.17, 15) is 22.6 Å². The van der Waals surface area contributed by atoms with E-state index in [1.807, 2.05) is 0 Å². The summed E-state index contributed by atoms with van der Waals surface area (Å²) in [6, 6.07) is 3.15. The van der Waals surface area contributed by atoms with Crippen molar-refractivity contribution in [2.45, 2.75) is 237 Å². The Labute approximate surface area is 385 Å². The minimum absolute atomic E-state index is 0. The minimum atomic E-state index is -4.82. The SMILES string of the molecule is CCCCCCC/C=C/CCCCCCCCCCCCOC(=O)c1ccc(S(=O)(=O)[O-])cc1C(=O)OCCCCCCCCCCCC/C=C/CCCCCCC.[Na+]. The number of rotatable bonds is 41.